The Balaban J connectivity index is 2.32. The summed E-state index contributed by atoms with van der Waals surface area (Å²) >= 11 is 0. The fourth-order valence-electron chi connectivity index (χ4n) is 3.02. The van der Waals surface area contributed by atoms with Gasteiger partial charge in [0.15, 0.2) is 0 Å². The Morgan fingerprint density at radius 1 is 1.14 bits per heavy atom. The Kier molecular flexibility index (Phi) is 6.44. The SMILES string of the molecule is Cc1oc(S(=O)(=O)NC(=O)Nc2c(C(C)C)cncc2C(C)C)cc1C(C)(C)O. The predicted molar refractivity (Wildman–Crippen MR) is 110 cm³/mol. The molecule has 2 heterocycles. The van der Waals surface area contributed by atoms with Gasteiger partial charge in [-0.1, -0.05) is 27.7 Å². The van der Waals surface area contributed by atoms with Gasteiger partial charge in [-0.2, -0.15) is 8.42 Å². The zero-order valence-corrected chi connectivity index (χ0v) is 18.6. The van der Waals surface area contributed by atoms with Gasteiger partial charge in [-0.25, -0.2) is 9.52 Å². The van der Waals surface area contributed by atoms with Crippen LogP contribution in [0.5, 0.6) is 0 Å². The lowest BCUT2D eigenvalue weighted by Crippen LogP contribution is -2.35. The Labute approximate surface area is 171 Å². The maximum atomic E-state index is 12.6. The fraction of sp³-hybridized carbons (Fsp3) is 0.500. The fourth-order valence-corrected chi connectivity index (χ4v) is 3.92. The number of carbonyl (C=O) groups excluding carboxylic acids is 1. The van der Waals surface area contributed by atoms with Crippen LogP contribution in [0.1, 0.15) is 75.8 Å². The van der Waals surface area contributed by atoms with E-state index in [1.807, 2.05) is 32.4 Å². The molecule has 0 aliphatic rings. The average Bonchev–Trinajstić information content (AvgIpc) is 2.97. The highest BCUT2D eigenvalue weighted by atomic mass is 32.2. The molecule has 0 atom stereocenters. The van der Waals surface area contributed by atoms with Crippen molar-refractivity contribution in [2.75, 3.05) is 5.32 Å². The number of nitrogens with one attached hydrogen (secondary N) is 2. The minimum atomic E-state index is -4.26. The van der Waals surface area contributed by atoms with Crippen molar-refractivity contribution in [3.05, 3.63) is 40.9 Å². The molecule has 0 fully saturated rings. The van der Waals surface area contributed by atoms with Crippen LogP contribution >= 0.6 is 0 Å². The second-order valence-corrected chi connectivity index (χ2v) is 9.77. The van der Waals surface area contributed by atoms with Gasteiger partial charge in [0.1, 0.15) is 5.76 Å². The molecule has 29 heavy (non-hydrogen) atoms. The number of furan rings is 1. The summed E-state index contributed by atoms with van der Waals surface area (Å²) in [7, 11) is -4.26. The van der Waals surface area contributed by atoms with Gasteiger partial charge in [-0.3, -0.25) is 4.98 Å². The number of carbonyl (C=O) groups is 1. The number of anilines is 1. The maximum Gasteiger partial charge on any atom is 0.333 e. The zero-order chi connectivity index (χ0) is 22.1. The molecule has 0 saturated heterocycles. The van der Waals surface area contributed by atoms with E-state index in [0.717, 1.165) is 11.1 Å². The summed E-state index contributed by atoms with van der Waals surface area (Å²) in [4.78, 5) is 16.8. The van der Waals surface area contributed by atoms with Gasteiger partial charge < -0.3 is 14.8 Å². The van der Waals surface area contributed by atoms with Crippen molar-refractivity contribution in [1.29, 1.82) is 0 Å². The summed E-state index contributed by atoms with van der Waals surface area (Å²) in [5, 5.41) is 12.3. The molecule has 2 aromatic rings. The zero-order valence-electron chi connectivity index (χ0n) is 17.8. The van der Waals surface area contributed by atoms with Gasteiger partial charge >= 0.3 is 6.03 Å². The number of amides is 2. The highest BCUT2D eigenvalue weighted by Crippen LogP contribution is 2.32. The first-order valence-electron chi connectivity index (χ1n) is 9.39. The van der Waals surface area contributed by atoms with Crippen molar-refractivity contribution >= 4 is 21.7 Å². The quantitative estimate of drug-likeness (QED) is 0.646. The number of hydrogen-bond acceptors (Lipinski definition) is 6. The third-order valence-corrected chi connectivity index (χ3v) is 5.72. The van der Waals surface area contributed by atoms with Crippen molar-refractivity contribution in [1.82, 2.24) is 9.71 Å². The number of aromatic nitrogens is 1. The van der Waals surface area contributed by atoms with Crippen molar-refractivity contribution in [2.45, 2.75) is 71.0 Å². The lowest BCUT2D eigenvalue weighted by Gasteiger charge is -2.19. The minimum Gasteiger partial charge on any atom is -0.448 e. The molecule has 9 heteroatoms. The highest BCUT2D eigenvalue weighted by Gasteiger charge is 2.29. The average molecular weight is 424 g/mol. The number of urea groups is 1. The van der Waals surface area contributed by atoms with Crippen LogP contribution in [0.2, 0.25) is 0 Å². The van der Waals surface area contributed by atoms with E-state index >= 15 is 0 Å². The van der Waals surface area contributed by atoms with Crippen LogP contribution < -0.4 is 10.0 Å². The van der Waals surface area contributed by atoms with Gasteiger partial charge in [-0.05, 0) is 43.7 Å². The molecule has 0 aliphatic carbocycles. The molecular formula is C20H29N3O5S. The number of aryl methyl sites for hydroxylation is 1. The largest absolute Gasteiger partial charge is 0.448 e. The first-order valence-corrected chi connectivity index (χ1v) is 10.9. The molecule has 2 rings (SSSR count). The maximum absolute atomic E-state index is 12.6. The van der Waals surface area contributed by atoms with Crippen molar-refractivity contribution in [3.8, 4) is 0 Å². The van der Waals surface area contributed by atoms with E-state index in [9.17, 15) is 18.3 Å². The van der Waals surface area contributed by atoms with Crippen LogP contribution in [-0.4, -0.2) is 24.5 Å². The van der Waals surface area contributed by atoms with Crippen molar-refractivity contribution in [3.63, 3.8) is 0 Å². The third kappa shape index (κ3) is 5.16. The molecule has 0 unspecified atom stereocenters. The molecule has 0 aromatic carbocycles. The van der Waals surface area contributed by atoms with Crippen LogP contribution in [-0.2, 0) is 15.6 Å². The Morgan fingerprint density at radius 3 is 2.07 bits per heavy atom. The van der Waals surface area contributed by atoms with Gasteiger partial charge in [0, 0.05) is 24.0 Å². The number of rotatable bonds is 6. The summed E-state index contributed by atoms with van der Waals surface area (Å²) in [5.74, 6) is 0.418. The lowest BCUT2D eigenvalue weighted by molar-refractivity contribution is 0.0769. The number of sulfonamides is 1. The highest BCUT2D eigenvalue weighted by molar-refractivity contribution is 7.89. The Bertz CT molecular complexity index is 975. The molecule has 2 amide bonds. The van der Waals surface area contributed by atoms with Gasteiger partial charge in [0.05, 0.1) is 11.3 Å². The van der Waals surface area contributed by atoms with E-state index in [0.29, 0.717) is 11.3 Å². The normalized spacial score (nSPS) is 12.5. The molecule has 8 nitrogen and oxygen atoms in total. The second-order valence-electron chi connectivity index (χ2n) is 8.16. The van der Waals surface area contributed by atoms with E-state index in [-0.39, 0.29) is 17.6 Å². The number of aliphatic hydroxyl groups is 1. The van der Waals surface area contributed by atoms with Crippen molar-refractivity contribution < 1.29 is 22.7 Å². The smallest absolute Gasteiger partial charge is 0.333 e. The monoisotopic (exact) mass is 423 g/mol. The third-order valence-electron chi connectivity index (χ3n) is 4.53. The molecule has 0 bridgehead atoms. The molecule has 2 aromatic heterocycles. The van der Waals surface area contributed by atoms with Gasteiger partial charge in [0.2, 0.25) is 5.09 Å². The summed E-state index contributed by atoms with van der Waals surface area (Å²) in [6.07, 6.45) is 3.32. The molecular weight excluding hydrogens is 394 g/mol. The topological polar surface area (TPSA) is 122 Å². The van der Waals surface area contributed by atoms with Crippen LogP contribution in [0.25, 0.3) is 0 Å². The Morgan fingerprint density at radius 2 is 1.66 bits per heavy atom. The van der Waals surface area contributed by atoms with Crippen molar-refractivity contribution in [2.24, 2.45) is 0 Å². The number of hydrogen-bond donors (Lipinski definition) is 3. The lowest BCUT2D eigenvalue weighted by atomic mass is 9.95. The summed E-state index contributed by atoms with van der Waals surface area (Å²) in [6, 6.07) is 0.315. The van der Waals surface area contributed by atoms with E-state index in [4.69, 9.17) is 4.42 Å². The summed E-state index contributed by atoms with van der Waals surface area (Å²) in [5.41, 5.74) is 1.21. The molecule has 0 spiro atoms. The molecule has 160 valence electrons. The van der Waals surface area contributed by atoms with Crippen LogP contribution in [0, 0.1) is 6.92 Å². The van der Waals surface area contributed by atoms with E-state index < -0.39 is 26.7 Å². The first-order chi connectivity index (χ1) is 13.2. The standard InChI is InChI=1S/C20H29N3O5S/c1-11(2)14-9-21-10-15(12(3)4)18(14)22-19(24)23-29(26,27)17-8-16(13(5)28-17)20(6,7)25/h8-12,25H,1-7H3,(H2,21,22,23,24). The molecule has 0 aliphatic heterocycles. The van der Waals surface area contributed by atoms with E-state index in [1.54, 1.807) is 19.3 Å². The molecule has 0 saturated carbocycles. The van der Waals surface area contributed by atoms with Crippen LogP contribution in [0.3, 0.4) is 0 Å². The molecule has 0 radical (unpaired) electrons. The Hall–Kier alpha value is -2.39. The van der Waals surface area contributed by atoms with Crippen LogP contribution in [0.4, 0.5) is 10.5 Å². The summed E-state index contributed by atoms with van der Waals surface area (Å²) < 4.78 is 32.5. The van der Waals surface area contributed by atoms with E-state index in [1.165, 1.54) is 19.9 Å². The summed E-state index contributed by atoms with van der Waals surface area (Å²) in [6.45, 7) is 12.4. The van der Waals surface area contributed by atoms with Gasteiger partial charge in [0.25, 0.3) is 10.0 Å². The minimum absolute atomic E-state index is 0.0789. The molecule has 3 N–H and O–H groups in total. The number of pyridine rings is 1. The van der Waals surface area contributed by atoms with E-state index in [2.05, 4.69) is 10.3 Å². The van der Waals surface area contributed by atoms with Gasteiger partial charge in [-0.15, -0.1) is 0 Å². The number of nitrogens with zero attached hydrogens (tertiary/aromatic N) is 1. The second kappa shape index (κ2) is 8.16. The van der Waals surface area contributed by atoms with Crippen LogP contribution in [0.15, 0.2) is 28.0 Å². The predicted octanol–water partition coefficient (Wildman–Crippen LogP) is 3.97. The first kappa shape index (κ1) is 22.9.